The first kappa shape index (κ1) is 31.1. The van der Waals surface area contributed by atoms with Gasteiger partial charge in [-0.15, -0.1) is 0 Å². The quantitative estimate of drug-likeness (QED) is 0.171. The summed E-state index contributed by atoms with van der Waals surface area (Å²) in [7, 11) is 3.05. The van der Waals surface area contributed by atoms with Crippen molar-refractivity contribution < 1.29 is 19.1 Å². The zero-order chi connectivity index (χ0) is 31.7. The van der Waals surface area contributed by atoms with E-state index < -0.39 is 17.2 Å². The highest BCUT2D eigenvalue weighted by Gasteiger charge is 2.25. The van der Waals surface area contributed by atoms with Gasteiger partial charge in [0.1, 0.15) is 22.7 Å². The molecule has 2 heterocycles. The van der Waals surface area contributed by atoms with Crippen LogP contribution in [0.5, 0.6) is 11.5 Å². The molecule has 0 aliphatic carbocycles. The second-order valence-electron chi connectivity index (χ2n) is 9.94. The highest BCUT2D eigenvalue weighted by molar-refractivity contribution is 6.36. The average molecular weight is 651 g/mol. The Kier molecular flexibility index (Phi) is 8.97. The van der Waals surface area contributed by atoms with E-state index in [4.69, 9.17) is 49.3 Å². The van der Waals surface area contributed by atoms with Crippen LogP contribution < -0.4 is 20.3 Å². The fourth-order valence-corrected chi connectivity index (χ4v) is 5.66. The van der Waals surface area contributed by atoms with Gasteiger partial charge >= 0.3 is 0 Å². The van der Waals surface area contributed by atoms with Crippen molar-refractivity contribution in [1.29, 1.82) is 0 Å². The number of halogens is 3. The number of nitrogens with zero attached hydrogens (tertiary/aromatic N) is 2. The highest BCUT2D eigenvalue weighted by atomic mass is 35.5. The Hall–Kier alpha value is -4.37. The maximum Gasteiger partial charge on any atom is 0.265 e. The predicted octanol–water partition coefficient (Wildman–Crippen LogP) is 7.92. The van der Waals surface area contributed by atoms with Crippen LogP contribution >= 0.6 is 34.8 Å². The average Bonchev–Trinajstić information content (AvgIpc) is 2.98. The summed E-state index contributed by atoms with van der Waals surface area (Å²) in [6, 6.07) is 19.1. The minimum Gasteiger partial charge on any atom is -0.497 e. The van der Waals surface area contributed by atoms with Crippen LogP contribution in [-0.2, 0) is 11.3 Å². The molecule has 0 spiro atoms. The van der Waals surface area contributed by atoms with Crippen LogP contribution in [0.15, 0.2) is 71.5 Å². The van der Waals surface area contributed by atoms with Gasteiger partial charge in [-0.2, -0.15) is 0 Å². The standard InChI is InChI=1S/C33H26Cl3N3O5/c1-17(40)29-31(37-18(2)41)26-15-25(19-5-8-21(34)9-6-19)30(24-12-10-22(35)13-27(24)36)38-32(26)39(33(29)42)16-20-7-11-23(43-3)14-28(20)44-4/h5-15H,16H2,1-4H3,(H,37,41). The Morgan fingerprint density at radius 2 is 1.57 bits per heavy atom. The van der Waals surface area contributed by atoms with Crippen molar-refractivity contribution in [3.63, 3.8) is 0 Å². The molecule has 0 aliphatic rings. The number of pyridine rings is 2. The molecule has 0 unspecified atom stereocenters. The van der Waals surface area contributed by atoms with E-state index in [-0.39, 0.29) is 23.4 Å². The summed E-state index contributed by atoms with van der Waals surface area (Å²) >= 11 is 19.1. The van der Waals surface area contributed by atoms with E-state index in [9.17, 15) is 14.4 Å². The number of methoxy groups -OCH3 is 2. The van der Waals surface area contributed by atoms with Crippen LogP contribution in [0.1, 0.15) is 29.8 Å². The van der Waals surface area contributed by atoms with Crippen molar-refractivity contribution in [2.24, 2.45) is 0 Å². The van der Waals surface area contributed by atoms with Crippen molar-refractivity contribution in [3.8, 4) is 33.9 Å². The van der Waals surface area contributed by atoms with Gasteiger partial charge in [-0.25, -0.2) is 4.98 Å². The third-order valence-electron chi connectivity index (χ3n) is 7.05. The molecule has 0 aliphatic heterocycles. The summed E-state index contributed by atoms with van der Waals surface area (Å²) in [5.41, 5.74) is 2.45. The third kappa shape index (κ3) is 6.01. The lowest BCUT2D eigenvalue weighted by Crippen LogP contribution is -2.30. The number of anilines is 1. The van der Waals surface area contributed by atoms with Crippen molar-refractivity contribution in [3.05, 3.63) is 103 Å². The lowest BCUT2D eigenvalue weighted by Gasteiger charge is -2.20. The van der Waals surface area contributed by atoms with E-state index in [0.29, 0.717) is 54.3 Å². The van der Waals surface area contributed by atoms with Gasteiger partial charge in [0.25, 0.3) is 5.56 Å². The molecule has 224 valence electrons. The molecule has 2 aromatic heterocycles. The van der Waals surface area contributed by atoms with Gasteiger partial charge < -0.3 is 14.8 Å². The number of rotatable bonds is 8. The van der Waals surface area contributed by atoms with Gasteiger partial charge in [0, 0.05) is 45.1 Å². The summed E-state index contributed by atoms with van der Waals surface area (Å²) < 4.78 is 12.3. The first-order valence-corrected chi connectivity index (χ1v) is 14.5. The smallest absolute Gasteiger partial charge is 0.265 e. The van der Waals surface area contributed by atoms with E-state index >= 15 is 0 Å². The number of nitrogens with one attached hydrogen (secondary N) is 1. The normalized spacial score (nSPS) is 11.0. The monoisotopic (exact) mass is 649 g/mol. The zero-order valence-corrected chi connectivity index (χ0v) is 26.4. The first-order valence-electron chi connectivity index (χ1n) is 13.3. The van der Waals surface area contributed by atoms with Crippen LogP contribution in [0, 0.1) is 0 Å². The van der Waals surface area contributed by atoms with Crippen LogP contribution in [0.4, 0.5) is 5.69 Å². The summed E-state index contributed by atoms with van der Waals surface area (Å²) in [5.74, 6) is 0.0618. The molecule has 5 rings (SSSR count). The molecule has 11 heteroatoms. The van der Waals surface area contributed by atoms with E-state index in [1.807, 2.05) is 12.1 Å². The Bertz CT molecular complexity index is 2010. The van der Waals surface area contributed by atoms with Crippen LogP contribution in [0.3, 0.4) is 0 Å². The van der Waals surface area contributed by atoms with Crippen LogP contribution in [0.25, 0.3) is 33.4 Å². The number of carbonyl (C=O) groups is 2. The summed E-state index contributed by atoms with van der Waals surface area (Å²) in [5, 5.41) is 4.40. The van der Waals surface area contributed by atoms with E-state index in [1.54, 1.807) is 54.6 Å². The molecule has 1 amide bonds. The minimum absolute atomic E-state index is 0.00971. The molecule has 0 fully saturated rings. The molecule has 0 saturated carbocycles. The van der Waals surface area contributed by atoms with E-state index in [2.05, 4.69) is 5.32 Å². The van der Waals surface area contributed by atoms with E-state index in [1.165, 1.54) is 32.6 Å². The Labute approximate surface area is 268 Å². The highest BCUT2D eigenvalue weighted by Crippen LogP contribution is 2.40. The fraction of sp³-hybridized carbons (Fsp3) is 0.152. The van der Waals surface area contributed by atoms with Crippen LogP contribution in [-0.4, -0.2) is 35.5 Å². The molecule has 0 radical (unpaired) electrons. The number of amides is 1. The maximum absolute atomic E-state index is 14.1. The number of Topliss-reactive ketones (excluding diaryl/α,β-unsaturated/α-hetero) is 1. The number of aromatic nitrogens is 2. The molecule has 44 heavy (non-hydrogen) atoms. The van der Waals surface area contributed by atoms with Crippen molar-refractivity contribution >= 4 is 63.2 Å². The maximum atomic E-state index is 14.1. The number of benzene rings is 3. The molecular formula is C33H26Cl3N3O5. The van der Waals surface area contributed by atoms with Crippen molar-refractivity contribution in [1.82, 2.24) is 9.55 Å². The van der Waals surface area contributed by atoms with Gasteiger partial charge in [-0.1, -0.05) is 46.9 Å². The van der Waals surface area contributed by atoms with Crippen molar-refractivity contribution in [2.75, 3.05) is 19.5 Å². The number of carbonyl (C=O) groups excluding carboxylic acids is 2. The number of hydrogen-bond donors (Lipinski definition) is 1. The number of hydrogen-bond acceptors (Lipinski definition) is 6. The fourth-order valence-electron chi connectivity index (χ4n) is 5.03. The van der Waals surface area contributed by atoms with Gasteiger partial charge in [-0.3, -0.25) is 19.0 Å². The lowest BCUT2D eigenvalue weighted by atomic mass is 9.96. The Morgan fingerprint density at radius 3 is 2.18 bits per heavy atom. The van der Waals surface area contributed by atoms with Gasteiger partial charge in [0.15, 0.2) is 5.78 Å². The minimum atomic E-state index is -0.633. The zero-order valence-electron chi connectivity index (χ0n) is 24.1. The molecule has 1 N–H and O–H groups in total. The summed E-state index contributed by atoms with van der Waals surface area (Å²) in [4.78, 5) is 44.6. The predicted molar refractivity (Wildman–Crippen MR) is 175 cm³/mol. The molecule has 0 atom stereocenters. The largest absolute Gasteiger partial charge is 0.497 e. The first-order chi connectivity index (χ1) is 21.0. The SMILES string of the molecule is COc1ccc(Cn2c(=O)c(C(C)=O)c(NC(C)=O)c3cc(-c4ccc(Cl)cc4)c(-c4ccc(Cl)cc4Cl)nc32)c(OC)c1. The van der Waals surface area contributed by atoms with Gasteiger partial charge in [-0.05, 0) is 61.0 Å². The number of ether oxygens (including phenoxy) is 2. The topological polar surface area (TPSA) is 99.5 Å². The number of fused-ring (bicyclic) bond motifs is 1. The second kappa shape index (κ2) is 12.7. The third-order valence-corrected chi connectivity index (χ3v) is 7.85. The molecule has 0 bridgehead atoms. The van der Waals surface area contributed by atoms with Gasteiger partial charge in [0.2, 0.25) is 5.91 Å². The molecule has 8 nitrogen and oxygen atoms in total. The summed E-state index contributed by atoms with van der Waals surface area (Å²) in [6.45, 7) is 2.57. The molecule has 3 aromatic carbocycles. The van der Waals surface area contributed by atoms with E-state index in [0.717, 1.165) is 5.56 Å². The molecular weight excluding hydrogens is 625 g/mol. The Balaban J connectivity index is 1.94. The lowest BCUT2D eigenvalue weighted by molar-refractivity contribution is -0.114. The summed E-state index contributed by atoms with van der Waals surface area (Å²) in [6.07, 6.45) is 0. The molecule has 0 saturated heterocycles. The Morgan fingerprint density at radius 1 is 0.864 bits per heavy atom. The van der Waals surface area contributed by atoms with Gasteiger partial charge in [0.05, 0.1) is 37.2 Å². The van der Waals surface area contributed by atoms with Crippen molar-refractivity contribution in [2.45, 2.75) is 20.4 Å². The van der Waals surface area contributed by atoms with Crippen LogP contribution in [0.2, 0.25) is 15.1 Å². The second-order valence-corrected chi connectivity index (χ2v) is 11.2. The number of ketones is 1. The molecule has 5 aromatic rings.